The van der Waals surface area contributed by atoms with Crippen LogP contribution in [0.3, 0.4) is 0 Å². The molecule has 0 aliphatic heterocycles. The molecule has 16 heavy (non-hydrogen) atoms. The highest BCUT2D eigenvalue weighted by molar-refractivity contribution is 9.10. The summed E-state index contributed by atoms with van der Waals surface area (Å²) in [5, 5.41) is 0.912. The smallest absolute Gasteiger partial charge is 0.0508 e. The van der Waals surface area contributed by atoms with Gasteiger partial charge in [-0.05, 0) is 51.9 Å². The van der Waals surface area contributed by atoms with E-state index in [4.69, 9.17) is 0 Å². The van der Waals surface area contributed by atoms with Crippen molar-refractivity contribution in [2.24, 2.45) is 11.8 Å². The van der Waals surface area contributed by atoms with Crippen LogP contribution in [0.15, 0.2) is 22.7 Å². The molecule has 0 saturated heterocycles. The fourth-order valence-electron chi connectivity index (χ4n) is 2.05. The van der Waals surface area contributed by atoms with Gasteiger partial charge >= 0.3 is 0 Å². The van der Waals surface area contributed by atoms with E-state index in [1.807, 2.05) is 0 Å². The second-order valence-corrected chi connectivity index (χ2v) is 6.19. The summed E-state index contributed by atoms with van der Waals surface area (Å²) in [5.74, 6) is 1.82. The Labute approximate surface area is 114 Å². The summed E-state index contributed by atoms with van der Waals surface area (Å²) < 4.78 is 1.19. The molecule has 2 atom stereocenters. The molecule has 1 fully saturated rings. The summed E-state index contributed by atoms with van der Waals surface area (Å²) >= 11 is 7.13. The van der Waals surface area contributed by atoms with Crippen LogP contribution >= 0.6 is 31.9 Å². The molecular weight excluding hydrogens is 330 g/mol. The summed E-state index contributed by atoms with van der Waals surface area (Å²) in [6, 6.07) is 6.58. The molecule has 1 aromatic carbocycles. The normalized spacial score (nSPS) is 23.2. The summed E-state index contributed by atoms with van der Waals surface area (Å²) in [6.07, 6.45) is 1.39. The van der Waals surface area contributed by atoms with Crippen molar-refractivity contribution in [2.45, 2.75) is 18.7 Å². The average Bonchev–Trinajstić information content (AvgIpc) is 2.93. The highest BCUT2D eigenvalue weighted by Gasteiger charge is 2.33. The Morgan fingerprint density at radius 3 is 2.62 bits per heavy atom. The van der Waals surface area contributed by atoms with E-state index in [0.29, 0.717) is 0 Å². The Kier molecular flexibility index (Phi) is 3.96. The van der Waals surface area contributed by atoms with E-state index in [1.54, 1.807) is 0 Å². The molecule has 1 saturated carbocycles. The number of nitrogens with zero attached hydrogens (tertiary/aromatic N) is 1. The lowest BCUT2D eigenvalue weighted by Gasteiger charge is -2.21. The minimum Gasteiger partial charge on any atom is -0.373 e. The van der Waals surface area contributed by atoms with E-state index in [1.165, 1.54) is 28.7 Å². The summed E-state index contributed by atoms with van der Waals surface area (Å²) in [6.45, 7) is 3.51. The molecule has 1 aliphatic rings. The number of hydrogen-bond acceptors (Lipinski definition) is 1. The van der Waals surface area contributed by atoms with Crippen LogP contribution in [0.4, 0.5) is 5.69 Å². The molecule has 0 spiro atoms. The van der Waals surface area contributed by atoms with Gasteiger partial charge in [0.05, 0.1) is 5.69 Å². The maximum Gasteiger partial charge on any atom is 0.0508 e. The van der Waals surface area contributed by atoms with Crippen LogP contribution < -0.4 is 4.90 Å². The summed E-state index contributed by atoms with van der Waals surface area (Å²) in [7, 11) is 2.18. The molecule has 1 aliphatic carbocycles. The van der Waals surface area contributed by atoms with E-state index in [0.717, 1.165) is 17.2 Å². The lowest BCUT2D eigenvalue weighted by Crippen LogP contribution is -2.20. The molecule has 1 nitrogen and oxygen atoms in total. The second-order valence-electron chi connectivity index (χ2n) is 4.77. The Hall–Kier alpha value is -0.0200. The first kappa shape index (κ1) is 12.4. The Balaban J connectivity index is 2.07. The van der Waals surface area contributed by atoms with Gasteiger partial charge in [-0.25, -0.2) is 0 Å². The molecule has 2 unspecified atom stereocenters. The van der Waals surface area contributed by atoms with Crippen molar-refractivity contribution in [1.82, 2.24) is 0 Å². The molecule has 0 heterocycles. The van der Waals surface area contributed by atoms with Gasteiger partial charge in [-0.3, -0.25) is 0 Å². The van der Waals surface area contributed by atoms with Crippen LogP contribution in [0.1, 0.15) is 18.9 Å². The van der Waals surface area contributed by atoms with Crippen LogP contribution in [-0.4, -0.2) is 13.6 Å². The standard InChI is InChI=1S/C13H17Br2N/c1-9-5-11(9)8-16(2)13-4-3-10(7-14)6-12(13)15/h3-4,6,9,11H,5,7-8H2,1-2H3. The topological polar surface area (TPSA) is 3.24 Å². The summed E-state index contributed by atoms with van der Waals surface area (Å²) in [4.78, 5) is 2.36. The molecule has 2 rings (SSSR count). The third-order valence-corrected chi connectivity index (χ3v) is 4.64. The number of anilines is 1. The minimum atomic E-state index is 0.896. The molecule has 0 aromatic heterocycles. The van der Waals surface area contributed by atoms with Gasteiger partial charge in [0.2, 0.25) is 0 Å². The highest BCUT2D eigenvalue weighted by Crippen LogP contribution is 2.39. The molecule has 3 heteroatoms. The van der Waals surface area contributed by atoms with Gasteiger partial charge in [0.15, 0.2) is 0 Å². The fraction of sp³-hybridized carbons (Fsp3) is 0.538. The first-order chi connectivity index (χ1) is 7.61. The van der Waals surface area contributed by atoms with E-state index in [2.05, 4.69) is 68.9 Å². The molecule has 88 valence electrons. The van der Waals surface area contributed by atoms with Crippen LogP contribution in [0, 0.1) is 11.8 Å². The van der Waals surface area contributed by atoms with Crippen LogP contribution in [0.5, 0.6) is 0 Å². The van der Waals surface area contributed by atoms with Crippen molar-refractivity contribution >= 4 is 37.5 Å². The van der Waals surface area contributed by atoms with Gasteiger partial charge in [-0.2, -0.15) is 0 Å². The van der Waals surface area contributed by atoms with Crippen molar-refractivity contribution in [2.75, 3.05) is 18.5 Å². The zero-order valence-electron chi connectivity index (χ0n) is 9.71. The predicted octanol–water partition coefficient (Wildman–Crippen LogP) is 4.44. The maximum atomic E-state index is 3.65. The van der Waals surface area contributed by atoms with Crippen molar-refractivity contribution in [3.63, 3.8) is 0 Å². The summed E-state index contributed by atoms with van der Waals surface area (Å²) in [5.41, 5.74) is 2.60. The van der Waals surface area contributed by atoms with Crippen LogP contribution in [0.25, 0.3) is 0 Å². The van der Waals surface area contributed by atoms with E-state index in [-0.39, 0.29) is 0 Å². The first-order valence-electron chi connectivity index (χ1n) is 5.67. The van der Waals surface area contributed by atoms with Gasteiger partial charge in [-0.1, -0.05) is 28.9 Å². The highest BCUT2D eigenvalue weighted by atomic mass is 79.9. The predicted molar refractivity (Wildman–Crippen MR) is 77.3 cm³/mol. The Morgan fingerprint density at radius 2 is 2.12 bits per heavy atom. The number of alkyl halides is 1. The number of benzene rings is 1. The lowest BCUT2D eigenvalue weighted by atomic mass is 10.2. The zero-order chi connectivity index (χ0) is 11.7. The van der Waals surface area contributed by atoms with Crippen molar-refractivity contribution in [3.05, 3.63) is 28.2 Å². The van der Waals surface area contributed by atoms with Crippen LogP contribution in [-0.2, 0) is 5.33 Å². The largest absolute Gasteiger partial charge is 0.373 e. The number of halogens is 2. The quantitative estimate of drug-likeness (QED) is 0.728. The van der Waals surface area contributed by atoms with Gasteiger partial charge in [-0.15, -0.1) is 0 Å². The monoisotopic (exact) mass is 345 g/mol. The van der Waals surface area contributed by atoms with Crippen molar-refractivity contribution < 1.29 is 0 Å². The molecule has 0 bridgehead atoms. The van der Waals surface area contributed by atoms with Crippen molar-refractivity contribution in [1.29, 1.82) is 0 Å². The minimum absolute atomic E-state index is 0.896. The molecule has 0 radical (unpaired) electrons. The van der Waals surface area contributed by atoms with Gasteiger partial charge in [0.25, 0.3) is 0 Å². The SMILES string of the molecule is CC1CC1CN(C)c1ccc(CBr)cc1Br. The van der Waals surface area contributed by atoms with Crippen LogP contribution in [0.2, 0.25) is 0 Å². The number of rotatable bonds is 4. The van der Waals surface area contributed by atoms with E-state index < -0.39 is 0 Å². The van der Waals surface area contributed by atoms with E-state index in [9.17, 15) is 0 Å². The molecule has 1 aromatic rings. The first-order valence-corrected chi connectivity index (χ1v) is 7.58. The third-order valence-electron chi connectivity index (χ3n) is 3.36. The van der Waals surface area contributed by atoms with Crippen molar-refractivity contribution in [3.8, 4) is 0 Å². The van der Waals surface area contributed by atoms with E-state index >= 15 is 0 Å². The fourth-order valence-corrected chi connectivity index (χ4v) is 3.12. The average molecular weight is 347 g/mol. The van der Waals surface area contributed by atoms with Gasteiger partial charge < -0.3 is 4.90 Å². The Bertz CT molecular complexity index is 378. The molecular formula is C13H17Br2N. The molecule has 0 amide bonds. The zero-order valence-corrected chi connectivity index (χ0v) is 12.9. The third kappa shape index (κ3) is 2.80. The lowest BCUT2D eigenvalue weighted by molar-refractivity contribution is 0.724. The van der Waals surface area contributed by atoms with Gasteiger partial charge in [0, 0.05) is 23.4 Å². The second kappa shape index (κ2) is 5.09. The number of hydrogen-bond donors (Lipinski definition) is 0. The van der Waals surface area contributed by atoms with Gasteiger partial charge in [0.1, 0.15) is 0 Å². The molecule has 0 N–H and O–H groups in total. The Morgan fingerprint density at radius 1 is 1.44 bits per heavy atom. The maximum absolute atomic E-state index is 3.65.